The van der Waals surface area contributed by atoms with Crippen LogP contribution in [0.15, 0.2) is 78.9 Å². The molecule has 1 amide bonds. The fourth-order valence-electron chi connectivity index (χ4n) is 2.92. The molecule has 26 heavy (non-hydrogen) atoms. The van der Waals surface area contributed by atoms with Crippen LogP contribution in [0.3, 0.4) is 0 Å². The fourth-order valence-corrected chi connectivity index (χ4v) is 2.92. The van der Waals surface area contributed by atoms with Crippen molar-refractivity contribution in [2.75, 3.05) is 14.2 Å². The number of carbonyl (C=O) groups is 1. The zero-order chi connectivity index (χ0) is 18.4. The summed E-state index contributed by atoms with van der Waals surface area (Å²) >= 11 is 0. The van der Waals surface area contributed by atoms with E-state index in [4.69, 9.17) is 9.47 Å². The minimum absolute atomic E-state index is 0.224. The van der Waals surface area contributed by atoms with Gasteiger partial charge in [-0.25, -0.2) is 0 Å². The van der Waals surface area contributed by atoms with Gasteiger partial charge in [-0.3, -0.25) is 4.79 Å². The van der Waals surface area contributed by atoms with Crippen molar-refractivity contribution in [2.24, 2.45) is 0 Å². The number of nitrogens with one attached hydrogen (secondary N) is 1. The van der Waals surface area contributed by atoms with Crippen LogP contribution >= 0.6 is 0 Å². The molecule has 132 valence electrons. The van der Waals surface area contributed by atoms with Crippen LogP contribution in [-0.4, -0.2) is 20.1 Å². The van der Waals surface area contributed by atoms with Crippen LogP contribution < -0.4 is 14.8 Å². The third kappa shape index (κ3) is 3.70. The molecule has 0 aliphatic rings. The van der Waals surface area contributed by atoms with Crippen molar-refractivity contribution in [2.45, 2.75) is 6.04 Å². The summed E-state index contributed by atoms with van der Waals surface area (Å²) in [5, 5.41) is 3.12. The highest BCUT2D eigenvalue weighted by molar-refractivity contribution is 5.98. The summed E-state index contributed by atoms with van der Waals surface area (Å²) in [5.74, 6) is 0.724. The third-order valence-electron chi connectivity index (χ3n) is 4.19. The van der Waals surface area contributed by atoms with Crippen LogP contribution in [0.2, 0.25) is 0 Å². The molecule has 0 fully saturated rings. The molecule has 0 aliphatic carbocycles. The van der Waals surface area contributed by atoms with Gasteiger partial charge in [0.25, 0.3) is 5.91 Å². The van der Waals surface area contributed by atoms with Gasteiger partial charge in [0, 0.05) is 0 Å². The molecule has 4 nitrogen and oxygen atoms in total. The molecular formula is C22H21NO3. The smallest absolute Gasteiger partial charge is 0.255 e. The molecular weight excluding hydrogens is 326 g/mol. The van der Waals surface area contributed by atoms with E-state index in [-0.39, 0.29) is 11.9 Å². The molecule has 0 saturated heterocycles. The van der Waals surface area contributed by atoms with Crippen LogP contribution in [0.4, 0.5) is 0 Å². The average Bonchev–Trinajstić information content (AvgIpc) is 2.72. The number of rotatable bonds is 6. The monoisotopic (exact) mass is 347 g/mol. The number of ether oxygens (including phenoxy) is 2. The first kappa shape index (κ1) is 17.5. The Balaban J connectivity index is 1.97. The van der Waals surface area contributed by atoms with Gasteiger partial charge in [0.1, 0.15) is 0 Å². The molecule has 4 heteroatoms. The van der Waals surface area contributed by atoms with E-state index in [1.54, 1.807) is 25.3 Å². The van der Waals surface area contributed by atoms with Gasteiger partial charge < -0.3 is 14.8 Å². The van der Waals surface area contributed by atoms with E-state index in [1.807, 2.05) is 60.7 Å². The second kappa shape index (κ2) is 8.21. The third-order valence-corrected chi connectivity index (χ3v) is 4.19. The van der Waals surface area contributed by atoms with Gasteiger partial charge in [0.05, 0.1) is 25.8 Å². The maximum Gasteiger partial charge on any atom is 0.255 e. The molecule has 0 bridgehead atoms. The van der Waals surface area contributed by atoms with Gasteiger partial charge in [0.2, 0.25) is 0 Å². The number of carbonyl (C=O) groups excluding carboxylic acids is 1. The first-order valence-corrected chi connectivity index (χ1v) is 8.36. The van der Waals surface area contributed by atoms with E-state index in [9.17, 15) is 4.79 Å². The number of methoxy groups -OCH3 is 2. The molecule has 0 atom stereocenters. The van der Waals surface area contributed by atoms with Crippen molar-refractivity contribution in [3.63, 3.8) is 0 Å². The number of para-hydroxylation sites is 1. The van der Waals surface area contributed by atoms with Gasteiger partial charge in [-0.1, -0.05) is 66.7 Å². The Bertz CT molecular complexity index is 824. The average molecular weight is 347 g/mol. The summed E-state index contributed by atoms with van der Waals surface area (Å²) in [6, 6.07) is 24.8. The van der Waals surface area contributed by atoms with Gasteiger partial charge in [0.15, 0.2) is 11.5 Å². The number of hydrogen-bond donors (Lipinski definition) is 1. The van der Waals surface area contributed by atoms with Crippen molar-refractivity contribution in [3.8, 4) is 11.5 Å². The lowest BCUT2D eigenvalue weighted by atomic mass is 9.98. The van der Waals surface area contributed by atoms with Gasteiger partial charge >= 0.3 is 0 Å². The Morgan fingerprint density at radius 3 is 1.85 bits per heavy atom. The zero-order valence-corrected chi connectivity index (χ0v) is 14.8. The van der Waals surface area contributed by atoms with Crippen LogP contribution in [0, 0.1) is 0 Å². The number of hydrogen-bond acceptors (Lipinski definition) is 3. The number of benzene rings is 3. The predicted molar refractivity (Wildman–Crippen MR) is 102 cm³/mol. The molecule has 0 radical (unpaired) electrons. The van der Waals surface area contributed by atoms with Crippen LogP contribution in [-0.2, 0) is 0 Å². The van der Waals surface area contributed by atoms with Crippen molar-refractivity contribution < 1.29 is 14.3 Å². The number of amides is 1. The Kier molecular flexibility index (Phi) is 5.54. The van der Waals surface area contributed by atoms with E-state index in [2.05, 4.69) is 5.32 Å². The predicted octanol–water partition coefficient (Wildman–Crippen LogP) is 4.22. The minimum Gasteiger partial charge on any atom is -0.493 e. The molecule has 1 N–H and O–H groups in total. The van der Waals surface area contributed by atoms with E-state index in [1.165, 1.54) is 7.11 Å². The lowest BCUT2D eigenvalue weighted by molar-refractivity contribution is 0.0939. The van der Waals surface area contributed by atoms with E-state index >= 15 is 0 Å². The maximum atomic E-state index is 13.0. The van der Waals surface area contributed by atoms with Crippen LogP contribution in [0.5, 0.6) is 11.5 Å². The summed E-state index contributed by atoms with van der Waals surface area (Å²) in [6.07, 6.45) is 0. The SMILES string of the molecule is COc1cccc(C(=O)NC(c2ccccc2)c2ccccc2)c1OC. The van der Waals surface area contributed by atoms with Crippen molar-refractivity contribution in [1.29, 1.82) is 0 Å². The lowest BCUT2D eigenvalue weighted by Gasteiger charge is -2.21. The van der Waals surface area contributed by atoms with Crippen molar-refractivity contribution >= 4 is 5.91 Å². The zero-order valence-electron chi connectivity index (χ0n) is 14.8. The van der Waals surface area contributed by atoms with Gasteiger partial charge in [-0.2, -0.15) is 0 Å². The second-order valence-electron chi connectivity index (χ2n) is 5.77. The molecule has 0 spiro atoms. The highest BCUT2D eigenvalue weighted by Crippen LogP contribution is 2.31. The highest BCUT2D eigenvalue weighted by Gasteiger charge is 2.21. The molecule has 0 saturated carbocycles. The quantitative estimate of drug-likeness (QED) is 0.726. The van der Waals surface area contributed by atoms with E-state index < -0.39 is 0 Å². The van der Waals surface area contributed by atoms with Gasteiger partial charge in [-0.05, 0) is 23.3 Å². The first-order valence-electron chi connectivity index (χ1n) is 8.36. The molecule has 0 aromatic heterocycles. The van der Waals surface area contributed by atoms with Crippen LogP contribution in [0.25, 0.3) is 0 Å². The van der Waals surface area contributed by atoms with E-state index in [0.29, 0.717) is 17.1 Å². The molecule has 0 heterocycles. The summed E-state index contributed by atoms with van der Waals surface area (Å²) in [5.41, 5.74) is 2.45. The summed E-state index contributed by atoms with van der Waals surface area (Å²) < 4.78 is 10.7. The molecule has 3 rings (SSSR count). The van der Waals surface area contributed by atoms with Crippen molar-refractivity contribution in [3.05, 3.63) is 95.6 Å². The van der Waals surface area contributed by atoms with Crippen molar-refractivity contribution in [1.82, 2.24) is 5.32 Å². The largest absolute Gasteiger partial charge is 0.493 e. The molecule has 0 unspecified atom stereocenters. The van der Waals surface area contributed by atoms with Crippen LogP contribution in [0.1, 0.15) is 27.5 Å². The fraction of sp³-hybridized carbons (Fsp3) is 0.136. The normalized spacial score (nSPS) is 10.4. The Morgan fingerprint density at radius 2 is 1.35 bits per heavy atom. The molecule has 0 aliphatic heterocycles. The standard InChI is InChI=1S/C22H21NO3/c1-25-19-15-9-14-18(21(19)26-2)22(24)23-20(16-10-5-3-6-11-16)17-12-7-4-8-13-17/h3-15,20H,1-2H3,(H,23,24). The summed E-state index contributed by atoms with van der Waals surface area (Å²) in [6.45, 7) is 0. The lowest BCUT2D eigenvalue weighted by Crippen LogP contribution is -2.29. The first-order chi connectivity index (χ1) is 12.7. The Labute approximate surface area is 153 Å². The van der Waals surface area contributed by atoms with E-state index in [0.717, 1.165) is 11.1 Å². The highest BCUT2D eigenvalue weighted by atomic mass is 16.5. The minimum atomic E-state index is -0.263. The Hall–Kier alpha value is -3.27. The second-order valence-corrected chi connectivity index (χ2v) is 5.77. The molecule has 3 aromatic rings. The topological polar surface area (TPSA) is 47.6 Å². The van der Waals surface area contributed by atoms with Gasteiger partial charge in [-0.15, -0.1) is 0 Å². The Morgan fingerprint density at radius 1 is 0.769 bits per heavy atom. The maximum absolute atomic E-state index is 13.0. The molecule has 3 aromatic carbocycles. The summed E-state index contributed by atoms with van der Waals surface area (Å²) in [4.78, 5) is 13.0. The summed E-state index contributed by atoms with van der Waals surface area (Å²) in [7, 11) is 3.08.